The van der Waals surface area contributed by atoms with Crippen molar-refractivity contribution >= 4 is 17.9 Å². The molecule has 0 aliphatic heterocycles. The molecule has 1 aromatic heterocycles. The van der Waals surface area contributed by atoms with Crippen molar-refractivity contribution in [2.24, 2.45) is 5.92 Å². The molecule has 7 heteroatoms. The molecular weight excluding hydrogens is 314 g/mol. The lowest BCUT2D eigenvalue weighted by Crippen LogP contribution is -2.35. The van der Waals surface area contributed by atoms with Crippen LogP contribution in [0.3, 0.4) is 0 Å². The Morgan fingerprint density at radius 3 is 2.57 bits per heavy atom. The Kier molecular flexibility index (Phi) is 7.12. The van der Waals surface area contributed by atoms with Crippen LogP contribution in [0.4, 0.5) is 4.79 Å². The van der Waals surface area contributed by atoms with Crippen LogP contribution in [0.5, 0.6) is 0 Å². The van der Waals surface area contributed by atoms with Gasteiger partial charge in [0.25, 0.3) is 5.22 Å². The van der Waals surface area contributed by atoms with Gasteiger partial charge in [-0.1, -0.05) is 37.8 Å². The quantitative estimate of drug-likeness (QED) is 0.587. The van der Waals surface area contributed by atoms with Gasteiger partial charge in [-0.3, -0.25) is 0 Å². The molecule has 1 N–H and O–H groups in total. The number of nitrogens with zero attached hydrogens (tertiary/aromatic N) is 2. The van der Waals surface area contributed by atoms with Crippen molar-refractivity contribution < 1.29 is 13.9 Å². The number of amides is 1. The maximum atomic E-state index is 12.0. The summed E-state index contributed by atoms with van der Waals surface area (Å²) in [7, 11) is 0. The van der Waals surface area contributed by atoms with Crippen molar-refractivity contribution in [2.45, 2.75) is 64.8 Å². The SMILES string of the molecule is C=C(C)CSc1nnc(C(CC(C)C)NC(=O)OC(C)(C)C)o1. The maximum Gasteiger partial charge on any atom is 0.408 e. The van der Waals surface area contributed by atoms with E-state index in [0.717, 1.165) is 11.3 Å². The number of carbonyl (C=O) groups is 1. The first kappa shape index (κ1) is 19.5. The summed E-state index contributed by atoms with van der Waals surface area (Å²) in [6.45, 7) is 15.4. The van der Waals surface area contributed by atoms with Gasteiger partial charge < -0.3 is 14.5 Å². The zero-order chi connectivity index (χ0) is 17.6. The van der Waals surface area contributed by atoms with Crippen LogP contribution in [-0.4, -0.2) is 27.6 Å². The lowest BCUT2D eigenvalue weighted by atomic mass is 10.0. The van der Waals surface area contributed by atoms with Crippen LogP contribution in [0, 0.1) is 5.92 Å². The molecule has 1 amide bonds. The maximum absolute atomic E-state index is 12.0. The molecule has 0 aromatic carbocycles. The monoisotopic (exact) mass is 341 g/mol. The largest absolute Gasteiger partial charge is 0.444 e. The highest BCUT2D eigenvalue weighted by Gasteiger charge is 2.25. The summed E-state index contributed by atoms with van der Waals surface area (Å²) in [4.78, 5) is 12.0. The van der Waals surface area contributed by atoms with Gasteiger partial charge in [-0.25, -0.2) is 4.79 Å². The molecule has 1 aromatic rings. The summed E-state index contributed by atoms with van der Waals surface area (Å²) in [5.74, 6) is 1.47. The van der Waals surface area contributed by atoms with Gasteiger partial charge >= 0.3 is 6.09 Å². The molecule has 130 valence electrons. The van der Waals surface area contributed by atoms with Crippen LogP contribution in [0.2, 0.25) is 0 Å². The second kappa shape index (κ2) is 8.38. The first-order valence-corrected chi connectivity index (χ1v) is 8.65. The average molecular weight is 341 g/mol. The topological polar surface area (TPSA) is 77.2 Å². The summed E-state index contributed by atoms with van der Waals surface area (Å²) in [6.07, 6.45) is 0.198. The van der Waals surface area contributed by atoms with Gasteiger partial charge in [0.05, 0.1) is 0 Å². The second-order valence-electron chi connectivity index (χ2n) is 6.98. The first-order chi connectivity index (χ1) is 10.6. The van der Waals surface area contributed by atoms with E-state index in [1.54, 1.807) is 0 Å². The smallest absolute Gasteiger partial charge is 0.408 e. The lowest BCUT2D eigenvalue weighted by molar-refractivity contribution is 0.0487. The minimum Gasteiger partial charge on any atom is -0.444 e. The predicted molar refractivity (Wildman–Crippen MR) is 91.4 cm³/mol. The van der Waals surface area contributed by atoms with Gasteiger partial charge in [0.15, 0.2) is 0 Å². The Bertz CT molecular complexity index is 535. The van der Waals surface area contributed by atoms with E-state index in [9.17, 15) is 4.79 Å². The fraction of sp³-hybridized carbons (Fsp3) is 0.688. The second-order valence-corrected chi connectivity index (χ2v) is 7.91. The van der Waals surface area contributed by atoms with Crippen molar-refractivity contribution in [2.75, 3.05) is 5.75 Å². The molecule has 23 heavy (non-hydrogen) atoms. The zero-order valence-corrected chi connectivity index (χ0v) is 15.6. The Morgan fingerprint density at radius 1 is 1.39 bits per heavy atom. The highest BCUT2D eigenvalue weighted by atomic mass is 32.2. The number of hydrogen-bond donors (Lipinski definition) is 1. The third-order valence-electron chi connectivity index (χ3n) is 2.56. The molecule has 0 aliphatic carbocycles. The summed E-state index contributed by atoms with van der Waals surface area (Å²) < 4.78 is 11.0. The fourth-order valence-corrected chi connectivity index (χ4v) is 2.36. The normalized spacial score (nSPS) is 13.0. The highest BCUT2D eigenvalue weighted by molar-refractivity contribution is 7.99. The number of nitrogens with one attached hydrogen (secondary N) is 1. The fourth-order valence-electron chi connectivity index (χ4n) is 1.75. The molecule has 1 rings (SSSR count). The number of ether oxygens (including phenoxy) is 1. The molecule has 6 nitrogen and oxygen atoms in total. The summed E-state index contributed by atoms with van der Waals surface area (Å²) in [5, 5.41) is 11.4. The minimum absolute atomic E-state index is 0.355. The predicted octanol–water partition coefficient (Wildman–Crippen LogP) is 4.35. The van der Waals surface area contributed by atoms with Gasteiger partial charge in [-0.15, -0.1) is 10.2 Å². The van der Waals surface area contributed by atoms with Crippen LogP contribution >= 0.6 is 11.8 Å². The molecule has 0 saturated heterocycles. The summed E-state index contributed by atoms with van der Waals surface area (Å²) in [5.41, 5.74) is 0.476. The number of hydrogen-bond acceptors (Lipinski definition) is 6. The number of aromatic nitrogens is 2. The Morgan fingerprint density at radius 2 is 2.04 bits per heavy atom. The Hall–Kier alpha value is -1.50. The van der Waals surface area contributed by atoms with E-state index in [0.29, 0.717) is 23.5 Å². The summed E-state index contributed by atoms with van der Waals surface area (Å²) >= 11 is 1.43. The number of alkyl carbamates (subject to hydrolysis) is 1. The molecule has 1 heterocycles. The van der Waals surface area contributed by atoms with Crippen LogP contribution in [-0.2, 0) is 4.74 Å². The molecule has 0 saturated carbocycles. The molecule has 1 unspecified atom stereocenters. The van der Waals surface area contributed by atoms with E-state index in [1.165, 1.54) is 11.8 Å². The minimum atomic E-state index is -0.552. The van der Waals surface area contributed by atoms with E-state index in [1.807, 2.05) is 27.7 Å². The van der Waals surface area contributed by atoms with Crippen LogP contribution < -0.4 is 5.32 Å². The molecule has 0 radical (unpaired) electrons. The van der Waals surface area contributed by atoms with Crippen LogP contribution in [0.15, 0.2) is 21.8 Å². The first-order valence-electron chi connectivity index (χ1n) is 7.67. The van der Waals surface area contributed by atoms with E-state index in [-0.39, 0.29) is 6.04 Å². The summed E-state index contributed by atoms with van der Waals surface area (Å²) in [6, 6.07) is -0.364. The third kappa shape index (κ3) is 8.06. The molecule has 0 fully saturated rings. The van der Waals surface area contributed by atoms with Crippen molar-refractivity contribution in [3.8, 4) is 0 Å². The lowest BCUT2D eigenvalue weighted by Gasteiger charge is -2.22. The van der Waals surface area contributed by atoms with Gasteiger partial charge in [0, 0.05) is 5.75 Å². The van der Waals surface area contributed by atoms with E-state index < -0.39 is 11.7 Å². The Labute approximate surface area is 142 Å². The number of thioether (sulfide) groups is 1. The van der Waals surface area contributed by atoms with Gasteiger partial charge in [0.2, 0.25) is 5.89 Å². The Balaban J connectivity index is 2.77. The van der Waals surface area contributed by atoms with Crippen LogP contribution in [0.25, 0.3) is 0 Å². The average Bonchev–Trinajstić information content (AvgIpc) is 2.81. The van der Waals surface area contributed by atoms with E-state index >= 15 is 0 Å². The van der Waals surface area contributed by atoms with Gasteiger partial charge in [-0.2, -0.15) is 0 Å². The van der Waals surface area contributed by atoms with Crippen molar-refractivity contribution in [3.63, 3.8) is 0 Å². The number of carbonyl (C=O) groups excluding carboxylic acids is 1. The molecule has 0 spiro atoms. The third-order valence-corrected chi connectivity index (χ3v) is 3.61. The molecule has 0 aliphatic rings. The van der Waals surface area contributed by atoms with E-state index in [4.69, 9.17) is 9.15 Å². The standard InChI is InChI=1S/C16H27N3O3S/c1-10(2)8-12(17-14(20)22-16(5,6)7)13-18-19-15(21-13)23-9-11(3)4/h10,12H,3,8-9H2,1-2,4-7H3,(H,17,20). The molecular formula is C16H27N3O3S. The zero-order valence-electron chi connectivity index (χ0n) is 14.8. The molecule has 0 bridgehead atoms. The van der Waals surface area contributed by atoms with Gasteiger partial charge in [-0.05, 0) is 40.0 Å². The van der Waals surface area contributed by atoms with Crippen LogP contribution in [0.1, 0.15) is 59.9 Å². The van der Waals surface area contributed by atoms with Gasteiger partial charge in [0.1, 0.15) is 11.6 Å². The highest BCUT2D eigenvalue weighted by Crippen LogP contribution is 2.25. The van der Waals surface area contributed by atoms with E-state index in [2.05, 4.69) is 35.9 Å². The van der Waals surface area contributed by atoms with Crippen molar-refractivity contribution in [3.05, 3.63) is 18.0 Å². The van der Waals surface area contributed by atoms with Crippen molar-refractivity contribution in [1.29, 1.82) is 0 Å². The number of rotatable bonds is 7. The molecule has 1 atom stereocenters. The van der Waals surface area contributed by atoms with Crippen molar-refractivity contribution in [1.82, 2.24) is 15.5 Å².